The molecule has 4 nitrogen and oxygen atoms in total. The van der Waals surface area contributed by atoms with Gasteiger partial charge in [-0.25, -0.2) is 0 Å². The average molecular weight is 309 g/mol. The Bertz CT molecular complexity index is 484. The molecule has 1 aliphatic rings. The molecule has 0 spiro atoms. The number of nitrogens with zero attached hydrogens (tertiary/aromatic N) is 1. The predicted molar refractivity (Wildman–Crippen MR) is 88.4 cm³/mol. The lowest BCUT2D eigenvalue weighted by Crippen LogP contribution is -2.54. The fourth-order valence-electron chi connectivity index (χ4n) is 2.85. The van der Waals surface area contributed by atoms with Crippen LogP contribution in [-0.2, 0) is 17.8 Å². The highest BCUT2D eigenvalue weighted by molar-refractivity contribution is 7.10. The minimum Gasteiger partial charge on any atom is -0.353 e. The van der Waals surface area contributed by atoms with Crippen molar-refractivity contribution in [2.45, 2.75) is 58.2 Å². The third-order valence-corrected chi connectivity index (χ3v) is 5.33. The number of hydrogen-bond acceptors (Lipinski definition) is 4. The molecule has 0 aliphatic carbocycles. The molecule has 0 bridgehead atoms. The van der Waals surface area contributed by atoms with E-state index >= 15 is 0 Å². The number of hydrogen-bond donors (Lipinski definition) is 2. The van der Waals surface area contributed by atoms with Crippen LogP contribution in [0.2, 0.25) is 0 Å². The molecule has 0 radical (unpaired) electrons. The summed E-state index contributed by atoms with van der Waals surface area (Å²) < 4.78 is 0. The van der Waals surface area contributed by atoms with E-state index < -0.39 is 5.54 Å². The lowest BCUT2D eigenvalue weighted by atomic mass is 9.96. The van der Waals surface area contributed by atoms with Crippen LogP contribution in [0.5, 0.6) is 0 Å². The van der Waals surface area contributed by atoms with Gasteiger partial charge in [-0.15, -0.1) is 11.3 Å². The highest BCUT2D eigenvalue weighted by Gasteiger charge is 2.28. The Kier molecular flexibility index (Phi) is 5.41. The molecule has 2 atom stereocenters. The molecule has 1 amide bonds. The molecule has 1 aliphatic heterocycles. The number of nitrogens with two attached hydrogens (primary N) is 1. The maximum atomic E-state index is 12.1. The van der Waals surface area contributed by atoms with E-state index in [1.807, 2.05) is 25.2 Å². The highest BCUT2D eigenvalue weighted by atomic mass is 32.1. The number of carbonyl (C=O) groups excluding carboxylic acids is 1. The van der Waals surface area contributed by atoms with Gasteiger partial charge in [-0.3, -0.25) is 9.69 Å². The monoisotopic (exact) mass is 309 g/mol. The van der Waals surface area contributed by atoms with Crippen LogP contribution >= 0.6 is 11.3 Å². The van der Waals surface area contributed by atoms with Gasteiger partial charge in [0.1, 0.15) is 0 Å². The van der Waals surface area contributed by atoms with Crippen LogP contribution in [0.15, 0.2) is 11.4 Å². The summed E-state index contributed by atoms with van der Waals surface area (Å²) in [4.78, 5) is 16.1. The van der Waals surface area contributed by atoms with Crippen molar-refractivity contribution in [3.05, 3.63) is 21.9 Å². The van der Waals surface area contributed by atoms with Crippen LogP contribution in [0.4, 0.5) is 0 Å². The second-order valence-corrected chi connectivity index (χ2v) is 7.32. The van der Waals surface area contributed by atoms with Gasteiger partial charge in [0.05, 0.1) is 5.54 Å². The Morgan fingerprint density at radius 2 is 2.38 bits per heavy atom. The van der Waals surface area contributed by atoms with E-state index in [-0.39, 0.29) is 5.91 Å². The van der Waals surface area contributed by atoms with Crippen LogP contribution in [0.3, 0.4) is 0 Å². The van der Waals surface area contributed by atoms with Crippen molar-refractivity contribution >= 4 is 17.2 Å². The SMILES string of the molecule is CCCC(C)(N)C(=O)NCC(C)N1CCc2sccc2C1. The number of fused-ring (bicyclic) bond motifs is 1. The Balaban J connectivity index is 1.83. The second-order valence-electron chi connectivity index (χ2n) is 6.32. The van der Waals surface area contributed by atoms with Gasteiger partial charge in [0.2, 0.25) is 5.91 Å². The highest BCUT2D eigenvalue weighted by Crippen LogP contribution is 2.25. The lowest BCUT2D eigenvalue weighted by molar-refractivity contribution is -0.126. The first kappa shape index (κ1) is 16.5. The largest absolute Gasteiger partial charge is 0.353 e. The van der Waals surface area contributed by atoms with Crippen molar-refractivity contribution < 1.29 is 4.79 Å². The Hall–Kier alpha value is -0.910. The number of rotatable bonds is 6. The summed E-state index contributed by atoms with van der Waals surface area (Å²) in [5, 5.41) is 5.19. The van der Waals surface area contributed by atoms with E-state index in [1.165, 1.54) is 10.4 Å². The molecule has 2 rings (SSSR count). The third-order valence-electron chi connectivity index (χ3n) is 4.31. The Morgan fingerprint density at radius 3 is 3.10 bits per heavy atom. The minimum absolute atomic E-state index is 0.0376. The van der Waals surface area contributed by atoms with E-state index in [9.17, 15) is 4.79 Å². The molecule has 2 unspecified atom stereocenters. The molecule has 3 N–H and O–H groups in total. The van der Waals surface area contributed by atoms with Gasteiger partial charge < -0.3 is 11.1 Å². The molecular formula is C16H27N3OS. The van der Waals surface area contributed by atoms with Gasteiger partial charge in [0, 0.05) is 30.6 Å². The van der Waals surface area contributed by atoms with E-state index in [1.54, 1.807) is 0 Å². The molecule has 2 heterocycles. The molecule has 0 saturated carbocycles. The fraction of sp³-hybridized carbons (Fsp3) is 0.688. The van der Waals surface area contributed by atoms with E-state index in [2.05, 4.69) is 28.6 Å². The molecule has 1 aromatic heterocycles. The lowest BCUT2D eigenvalue weighted by Gasteiger charge is -2.33. The maximum absolute atomic E-state index is 12.1. The molecule has 118 valence electrons. The molecule has 0 fully saturated rings. The standard InChI is InChI=1S/C16H27N3OS/c1-4-7-16(3,17)15(20)18-10-12(2)19-8-5-14-13(11-19)6-9-21-14/h6,9,12H,4-5,7-8,10-11,17H2,1-3H3,(H,18,20). The van der Waals surface area contributed by atoms with Crippen molar-refractivity contribution in [3.63, 3.8) is 0 Å². The van der Waals surface area contributed by atoms with Gasteiger partial charge in [0.25, 0.3) is 0 Å². The predicted octanol–water partition coefficient (Wildman–Crippen LogP) is 2.13. The van der Waals surface area contributed by atoms with Crippen LogP contribution in [0.25, 0.3) is 0 Å². The maximum Gasteiger partial charge on any atom is 0.239 e. The number of amides is 1. The molecule has 1 aromatic rings. The summed E-state index contributed by atoms with van der Waals surface area (Å²) >= 11 is 1.85. The van der Waals surface area contributed by atoms with Crippen molar-refractivity contribution in [1.82, 2.24) is 10.2 Å². The van der Waals surface area contributed by atoms with Crippen molar-refractivity contribution in [2.24, 2.45) is 5.73 Å². The van der Waals surface area contributed by atoms with Gasteiger partial charge in [-0.1, -0.05) is 13.3 Å². The van der Waals surface area contributed by atoms with Gasteiger partial charge >= 0.3 is 0 Å². The molecule has 0 aromatic carbocycles. The molecule has 0 saturated heterocycles. The number of thiophene rings is 1. The zero-order valence-electron chi connectivity index (χ0n) is 13.3. The van der Waals surface area contributed by atoms with Gasteiger partial charge in [0.15, 0.2) is 0 Å². The summed E-state index contributed by atoms with van der Waals surface area (Å²) in [5.41, 5.74) is 6.75. The van der Waals surface area contributed by atoms with Crippen LogP contribution in [-0.4, -0.2) is 35.5 Å². The topological polar surface area (TPSA) is 58.4 Å². The van der Waals surface area contributed by atoms with E-state index in [0.29, 0.717) is 12.6 Å². The number of nitrogens with one attached hydrogen (secondary N) is 1. The van der Waals surface area contributed by atoms with Crippen LogP contribution in [0.1, 0.15) is 44.1 Å². The van der Waals surface area contributed by atoms with Gasteiger partial charge in [-0.2, -0.15) is 0 Å². The van der Waals surface area contributed by atoms with Crippen molar-refractivity contribution in [2.75, 3.05) is 13.1 Å². The summed E-state index contributed by atoms with van der Waals surface area (Å²) in [6, 6.07) is 2.55. The quantitative estimate of drug-likeness (QED) is 0.846. The first-order valence-corrected chi connectivity index (χ1v) is 8.68. The summed E-state index contributed by atoms with van der Waals surface area (Å²) in [6.07, 6.45) is 2.76. The fourth-order valence-corrected chi connectivity index (χ4v) is 3.74. The molecule has 5 heteroatoms. The summed E-state index contributed by atoms with van der Waals surface area (Å²) in [7, 11) is 0. The third kappa shape index (κ3) is 4.05. The summed E-state index contributed by atoms with van der Waals surface area (Å²) in [5.74, 6) is -0.0376. The normalized spacial score (nSPS) is 19.6. The van der Waals surface area contributed by atoms with E-state index in [4.69, 9.17) is 5.73 Å². The summed E-state index contributed by atoms with van der Waals surface area (Å²) in [6.45, 7) is 8.76. The zero-order chi connectivity index (χ0) is 15.5. The smallest absolute Gasteiger partial charge is 0.239 e. The Labute approximate surface area is 131 Å². The second kappa shape index (κ2) is 6.90. The first-order chi connectivity index (χ1) is 9.94. The van der Waals surface area contributed by atoms with E-state index in [0.717, 1.165) is 32.4 Å². The minimum atomic E-state index is -0.753. The van der Waals surface area contributed by atoms with Gasteiger partial charge in [-0.05, 0) is 43.7 Å². The number of carbonyl (C=O) groups is 1. The average Bonchev–Trinajstić information content (AvgIpc) is 2.91. The Morgan fingerprint density at radius 1 is 1.62 bits per heavy atom. The van der Waals surface area contributed by atoms with Crippen molar-refractivity contribution in [1.29, 1.82) is 0 Å². The first-order valence-electron chi connectivity index (χ1n) is 7.80. The molecular weight excluding hydrogens is 282 g/mol. The van der Waals surface area contributed by atoms with Crippen LogP contribution in [0, 0.1) is 0 Å². The molecule has 21 heavy (non-hydrogen) atoms. The zero-order valence-corrected chi connectivity index (χ0v) is 14.1. The van der Waals surface area contributed by atoms with Crippen LogP contribution < -0.4 is 11.1 Å². The van der Waals surface area contributed by atoms with Crippen molar-refractivity contribution in [3.8, 4) is 0 Å².